The Balaban J connectivity index is 4.22. The molecule has 0 aromatic heterocycles. The van der Waals surface area contributed by atoms with Crippen LogP contribution in [0.25, 0.3) is 0 Å². The van der Waals surface area contributed by atoms with Crippen LogP contribution < -0.4 is 0 Å². The van der Waals surface area contributed by atoms with Crippen molar-refractivity contribution in [3.8, 4) is 0 Å². The lowest BCUT2D eigenvalue weighted by Gasteiger charge is -2.18. The summed E-state index contributed by atoms with van der Waals surface area (Å²) in [6.45, 7) is 12.7. The molecule has 0 amide bonds. The van der Waals surface area contributed by atoms with Crippen LogP contribution in [0, 0.1) is 5.92 Å². The molecule has 0 aliphatic heterocycles. The first-order valence-electron chi connectivity index (χ1n) is 19.1. The first-order valence-corrected chi connectivity index (χ1v) is 19.1. The van der Waals surface area contributed by atoms with E-state index in [0.29, 0.717) is 32.0 Å². The minimum Gasteiger partial charge on any atom is -0.499 e. The smallest absolute Gasteiger partial charge is 0.306 e. The molecule has 0 bridgehead atoms. The van der Waals surface area contributed by atoms with Crippen LogP contribution in [0.3, 0.4) is 0 Å². The van der Waals surface area contributed by atoms with Gasteiger partial charge in [-0.15, -0.1) is 0 Å². The highest BCUT2D eigenvalue weighted by Gasteiger charge is 2.15. The summed E-state index contributed by atoms with van der Waals surface area (Å²) < 4.78 is 17.0. The van der Waals surface area contributed by atoms with Crippen LogP contribution in [0.15, 0.2) is 12.3 Å². The molecular formula is C39H75NO5. The molecule has 45 heavy (non-hydrogen) atoms. The van der Waals surface area contributed by atoms with Gasteiger partial charge in [-0.3, -0.25) is 9.59 Å². The number of unbranched alkanes of at least 4 members (excludes halogenated alkanes) is 12. The third-order valence-electron chi connectivity index (χ3n) is 8.74. The van der Waals surface area contributed by atoms with Gasteiger partial charge in [0.05, 0.1) is 19.0 Å². The molecular weight excluding hydrogens is 562 g/mol. The van der Waals surface area contributed by atoms with Crippen LogP contribution in [-0.2, 0) is 23.8 Å². The number of ether oxygens (including phenoxy) is 3. The van der Waals surface area contributed by atoms with Crippen molar-refractivity contribution in [1.82, 2.24) is 4.90 Å². The molecule has 0 radical (unpaired) electrons. The van der Waals surface area contributed by atoms with Crippen LogP contribution in [0.2, 0.25) is 0 Å². The zero-order chi connectivity index (χ0) is 33.4. The molecule has 0 saturated carbocycles. The van der Waals surface area contributed by atoms with Crippen LogP contribution in [-0.4, -0.2) is 56.8 Å². The van der Waals surface area contributed by atoms with Gasteiger partial charge in [0, 0.05) is 19.3 Å². The number of esters is 2. The Hall–Kier alpha value is -1.56. The molecule has 0 saturated heterocycles. The fourth-order valence-electron chi connectivity index (χ4n) is 5.93. The topological polar surface area (TPSA) is 65.1 Å². The number of rotatable bonds is 34. The van der Waals surface area contributed by atoms with Crippen LogP contribution in [0.1, 0.15) is 181 Å². The van der Waals surface area contributed by atoms with Gasteiger partial charge in [0.15, 0.2) is 0 Å². The van der Waals surface area contributed by atoms with Crippen molar-refractivity contribution in [3.05, 3.63) is 12.3 Å². The van der Waals surface area contributed by atoms with Gasteiger partial charge in [-0.25, -0.2) is 0 Å². The number of carbonyl (C=O) groups is 2. The average Bonchev–Trinajstić information content (AvgIpc) is 2.99. The third-order valence-corrected chi connectivity index (χ3v) is 8.74. The van der Waals surface area contributed by atoms with Crippen molar-refractivity contribution >= 4 is 11.9 Å². The van der Waals surface area contributed by atoms with Gasteiger partial charge in [0.1, 0.15) is 6.10 Å². The molecule has 0 N–H and O–H groups in total. The minimum absolute atomic E-state index is 0.0253. The molecule has 1 unspecified atom stereocenters. The molecule has 0 aromatic rings. The average molecular weight is 638 g/mol. The summed E-state index contributed by atoms with van der Waals surface area (Å²) in [5.74, 6) is 1.52. The molecule has 0 fully saturated rings. The summed E-state index contributed by atoms with van der Waals surface area (Å²) in [5, 5.41) is 0. The lowest BCUT2D eigenvalue weighted by molar-refractivity contribution is -0.150. The molecule has 0 heterocycles. The second-order valence-corrected chi connectivity index (χ2v) is 13.5. The maximum absolute atomic E-state index is 12.5. The van der Waals surface area contributed by atoms with E-state index >= 15 is 0 Å². The monoisotopic (exact) mass is 638 g/mol. The van der Waals surface area contributed by atoms with Gasteiger partial charge < -0.3 is 19.1 Å². The molecule has 1 atom stereocenters. The summed E-state index contributed by atoms with van der Waals surface area (Å²) in [6, 6.07) is 0. The first kappa shape index (κ1) is 43.4. The number of allylic oxidation sites excluding steroid dienone is 1. The maximum Gasteiger partial charge on any atom is 0.306 e. The van der Waals surface area contributed by atoms with Crippen molar-refractivity contribution in [1.29, 1.82) is 0 Å². The lowest BCUT2D eigenvalue weighted by Crippen LogP contribution is -2.20. The lowest BCUT2D eigenvalue weighted by atomic mass is 9.92. The van der Waals surface area contributed by atoms with Crippen LogP contribution >= 0.6 is 0 Å². The van der Waals surface area contributed by atoms with Gasteiger partial charge in [0.2, 0.25) is 0 Å². The second-order valence-electron chi connectivity index (χ2n) is 13.5. The van der Waals surface area contributed by atoms with Gasteiger partial charge in [0.25, 0.3) is 0 Å². The Morgan fingerprint density at radius 3 is 1.64 bits per heavy atom. The predicted octanol–water partition coefficient (Wildman–Crippen LogP) is 11.0. The van der Waals surface area contributed by atoms with Crippen molar-refractivity contribution in [2.75, 3.05) is 33.9 Å². The second kappa shape index (κ2) is 32.4. The molecule has 0 aromatic carbocycles. The van der Waals surface area contributed by atoms with E-state index in [4.69, 9.17) is 14.2 Å². The van der Waals surface area contributed by atoms with Crippen molar-refractivity contribution < 1.29 is 23.8 Å². The van der Waals surface area contributed by atoms with E-state index < -0.39 is 0 Å². The zero-order valence-electron chi connectivity index (χ0n) is 30.6. The Labute approximate surface area is 279 Å². The summed E-state index contributed by atoms with van der Waals surface area (Å²) in [6.07, 6.45) is 27.1. The summed E-state index contributed by atoms with van der Waals surface area (Å²) >= 11 is 0. The molecule has 266 valence electrons. The zero-order valence-corrected chi connectivity index (χ0v) is 30.6. The van der Waals surface area contributed by atoms with E-state index in [2.05, 4.69) is 25.3 Å². The SMILES string of the molecule is C=C(CCCCCCCC(CCCCCCCC(=O)OCCC(CCCCC)CCCCC)OC(=O)CCCN(C)C)OCC. The Bertz CT molecular complexity index is 685. The highest BCUT2D eigenvalue weighted by atomic mass is 16.5. The Morgan fingerprint density at radius 2 is 1.09 bits per heavy atom. The standard InChI is InChI=1S/C39H75NO5/c1-7-10-18-26-36(27-19-11-8-2)32-34-44-38(41)30-23-17-13-16-22-29-37(45-39(42)31-24-33-40(5)6)28-21-15-12-14-20-25-35(4)43-9-3/h36-37H,4,7-34H2,1-3,5-6H3. The van der Waals surface area contributed by atoms with Crippen molar-refractivity contribution in [3.63, 3.8) is 0 Å². The number of nitrogens with zero attached hydrogens (tertiary/aromatic N) is 1. The fourth-order valence-corrected chi connectivity index (χ4v) is 5.93. The minimum atomic E-state index is -0.0527. The Kier molecular flexibility index (Phi) is 31.3. The van der Waals surface area contributed by atoms with Gasteiger partial charge in [-0.05, 0) is 84.8 Å². The molecule has 0 aliphatic carbocycles. The predicted molar refractivity (Wildman–Crippen MR) is 190 cm³/mol. The first-order chi connectivity index (χ1) is 21.8. The van der Waals surface area contributed by atoms with E-state index in [-0.39, 0.29) is 18.0 Å². The molecule has 6 nitrogen and oxygen atoms in total. The number of hydrogen-bond donors (Lipinski definition) is 0. The van der Waals surface area contributed by atoms with E-state index in [1.165, 1.54) is 70.6 Å². The van der Waals surface area contributed by atoms with Crippen molar-refractivity contribution in [2.45, 2.75) is 187 Å². The van der Waals surface area contributed by atoms with Gasteiger partial charge in [-0.1, -0.05) is 110 Å². The highest BCUT2D eigenvalue weighted by molar-refractivity contribution is 5.69. The normalized spacial score (nSPS) is 12.1. The largest absolute Gasteiger partial charge is 0.499 e. The van der Waals surface area contributed by atoms with E-state index in [0.717, 1.165) is 89.4 Å². The maximum atomic E-state index is 12.5. The van der Waals surface area contributed by atoms with Gasteiger partial charge >= 0.3 is 11.9 Å². The molecule has 6 heteroatoms. The Morgan fingerprint density at radius 1 is 0.578 bits per heavy atom. The summed E-state index contributed by atoms with van der Waals surface area (Å²) in [4.78, 5) is 26.9. The quantitative estimate of drug-likeness (QED) is 0.0397. The summed E-state index contributed by atoms with van der Waals surface area (Å²) in [5.41, 5.74) is 0. The fraction of sp³-hybridized carbons (Fsp3) is 0.897. The van der Waals surface area contributed by atoms with E-state index in [9.17, 15) is 9.59 Å². The van der Waals surface area contributed by atoms with Gasteiger partial charge in [-0.2, -0.15) is 0 Å². The molecule has 0 rings (SSSR count). The van der Waals surface area contributed by atoms with E-state index in [1.807, 2.05) is 21.0 Å². The van der Waals surface area contributed by atoms with Crippen molar-refractivity contribution in [2.24, 2.45) is 5.92 Å². The van der Waals surface area contributed by atoms with Crippen LogP contribution in [0.4, 0.5) is 0 Å². The van der Waals surface area contributed by atoms with Crippen LogP contribution in [0.5, 0.6) is 0 Å². The third kappa shape index (κ3) is 30.8. The highest BCUT2D eigenvalue weighted by Crippen LogP contribution is 2.22. The van der Waals surface area contributed by atoms with E-state index in [1.54, 1.807) is 0 Å². The number of hydrogen-bond acceptors (Lipinski definition) is 6. The summed E-state index contributed by atoms with van der Waals surface area (Å²) in [7, 11) is 4.06. The molecule has 0 aliphatic rings. The molecule has 0 spiro atoms. The number of carbonyl (C=O) groups excluding carboxylic acids is 2.